The van der Waals surface area contributed by atoms with Gasteiger partial charge in [0.1, 0.15) is 18.5 Å². The van der Waals surface area contributed by atoms with E-state index in [0.717, 1.165) is 22.1 Å². The highest BCUT2D eigenvalue weighted by Crippen LogP contribution is 2.46. The van der Waals surface area contributed by atoms with Crippen molar-refractivity contribution >= 4 is 40.6 Å². The number of pyridine rings is 3. The molecule has 0 radical (unpaired) electrons. The first-order valence-corrected chi connectivity index (χ1v) is 17.6. The van der Waals surface area contributed by atoms with E-state index in [1.165, 1.54) is 12.3 Å². The first-order valence-electron chi connectivity index (χ1n) is 17.6. The smallest absolute Gasteiger partial charge is 0.405 e. The van der Waals surface area contributed by atoms with Crippen molar-refractivity contribution in [1.82, 2.24) is 30.5 Å². The molecule has 4 amide bonds. The summed E-state index contributed by atoms with van der Waals surface area (Å²) in [5.41, 5.74) is 8.52. The number of aryl methyl sites for hydroxylation is 1. The molecular weight excluding hydrogens is 703 g/mol. The Bertz CT molecular complexity index is 2300. The van der Waals surface area contributed by atoms with Crippen LogP contribution in [-0.4, -0.2) is 61.3 Å². The number of aliphatic hydroxyl groups is 1. The van der Waals surface area contributed by atoms with Crippen LogP contribution in [0.25, 0.3) is 22.3 Å². The number of nitrogens with zero attached hydrogens (tertiary/aromatic N) is 3. The monoisotopic (exact) mass is 742 g/mol. The number of carboxylic acid groups (broad SMARTS) is 1. The third-order valence-corrected chi connectivity index (χ3v) is 10.6. The Morgan fingerprint density at radius 2 is 1.98 bits per heavy atom. The fourth-order valence-electron chi connectivity index (χ4n) is 7.75. The Morgan fingerprint density at radius 3 is 2.69 bits per heavy atom. The number of hydrogen-bond acceptors (Lipinski definition) is 10. The molecule has 0 unspecified atom stereocenters. The summed E-state index contributed by atoms with van der Waals surface area (Å²) in [7, 11) is 0. The van der Waals surface area contributed by atoms with Gasteiger partial charge in [0, 0.05) is 41.7 Å². The molecule has 0 saturated carbocycles. The molecule has 0 saturated heterocycles. The predicted molar refractivity (Wildman–Crippen MR) is 192 cm³/mol. The number of nitrogens with two attached hydrogens (primary N) is 1. The lowest BCUT2D eigenvalue weighted by atomic mass is 9.81. The zero-order valence-corrected chi connectivity index (χ0v) is 29.5. The second-order valence-corrected chi connectivity index (χ2v) is 13.7. The Kier molecular flexibility index (Phi) is 9.53. The Labute approximate surface area is 307 Å². The summed E-state index contributed by atoms with van der Waals surface area (Å²) in [6.45, 7) is 3.81. The third-order valence-electron chi connectivity index (χ3n) is 10.6. The lowest BCUT2D eigenvalue weighted by molar-refractivity contribution is -0.172. The van der Waals surface area contributed by atoms with Crippen LogP contribution in [-0.2, 0) is 46.0 Å². The molecule has 0 spiro atoms. The summed E-state index contributed by atoms with van der Waals surface area (Å²) in [5.74, 6) is -1.79. The van der Waals surface area contributed by atoms with Crippen LogP contribution in [0.2, 0.25) is 0 Å². The SMILES string of the molecule is CC[C@@]1(O)C(=O)OCc2c1cc1n(c2=O)Cc2c-1nc1cc(F)c(C)c3c1c2[C@@H](NCc1ccc(NC(=O)[C@H](CCCNC(N)=O)NC(=O)O)cn1)CC3. The van der Waals surface area contributed by atoms with Crippen molar-refractivity contribution in [3.05, 3.63) is 85.7 Å². The standard InChI is InChI=1S/C37H39FN8O8/c1-3-37(53)23-11-28-31-21(15-46(28)33(48)22(23)16-54-34(37)49)30-25(9-8-20-17(2)24(38)12-27(44-31)29(20)30)42-13-18-6-7-19(14-41-18)43-32(47)26(45-36(51)52)5-4-10-40-35(39)50/h6-7,11-12,14,25-26,42,45,53H,3-5,8-10,13,15-16H2,1-2H3,(H,43,47)(H,51,52)(H3,39,40,50)/t25-,26-,37-/m0/s1. The number of primary amides is 1. The number of ether oxygens (including phenoxy) is 1. The number of halogens is 1. The maximum Gasteiger partial charge on any atom is 0.405 e. The molecule has 0 fully saturated rings. The maximum absolute atomic E-state index is 15.3. The Balaban J connectivity index is 1.15. The first-order chi connectivity index (χ1) is 25.8. The topological polar surface area (TPSA) is 240 Å². The molecule has 54 heavy (non-hydrogen) atoms. The van der Waals surface area contributed by atoms with E-state index in [1.54, 1.807) is 36.6 Å². The highest BCUT2D eigenvalue weighted by Gasteiger charge is 2.46. The number of amides is 4. The molecule has 2 aliphatic heterocycles. The number of nitrogens with one attached hydrogen (secondary N) is 4. The highest BCUT2D eigenvalue weighted by atomic mass is 19.1. The van der Waals surface area contributed by atoms with E-state index in [1.807, 2.05) is 0 Å². The quantitative estimate of drug-likeness (QED) is 0.0767. The van der Waals surface area contributed by atoms with Crippen LogP contribution in [0.5, 0.6) is 0 Å². The summed E-state index contributed by atoms with van der Waals surface area (Å²) in [4.78, 5) is 71.0. The van der Waals surface area contributed by atoms with Gasteiger partial charge in [-0.2, -0.15) is 0 Å². The maximum atomic E-state index is 15.3. The number of benzene rings is 1. The van der Waals surface area contributed by atoms with E-state index in [0.29, 0.717) is 59.7 Å². The number of urea groups is 1. The first kappa shape index (κ1) is 36.4. The van der Waals surface area contributed by atoms with E-state index >= 15 is 4.39 Å². The Hall–Kier alpha value is -5.94. The molecular formula is C37H39FN8O8. The molecule has 1 aromatic carbocycles. The highest BCUT2D eigenvalue weighted by molar-refractivity contribution is 5.96. The average Bonchev–Trinajstić information content (AvgIpc) is 3.51. The molecule has 282 valence electrons. The minimum Gasteiger partial charge on any atom is -0.465 e. The number of carbonyl (C=O) groups excluding carboxylic acids is 3. The van der Waals surface area contributed by atoms with Gasteiger partial charge in [0.2, 0.25) is 5.91 Å². The van der Waals surface area contributed by atoms with Gasteiger partial charge in [0.05, 0.1) is 46.6 Å². The molecule has 5 heterocycles. The van der Waals surface area contributed by atoms with Crippen molar-refractivity contribution in [2.45, 2.75) is 83.3 Å². The number of cyclic esters (lactones) is 1. The summed E-state index contributed by atoms with van der Waals surface area (Å²) in [6, 6.07) is 4.37. The van der Waals surface area contributed by atoms with Crippen molar-refractivity contribution < 1.29 is 38.5 Å². The summed E-state index contributed by atoms with van der Waals surface area (Å²) in [5, 5.41) is 32.2. The largest absolute Gasteiger partial charge is 0.465 e. The molecule has 3 aromatic heterocycles. The molecule has 3 aliphatic rings. The summed E-state index contributed by atoms with van der Waals surface area (Å²) < 4.78 is 22.1. The number of aromatic nitrogens is 3. The van der Waals surface area contributed by atoms with E-state index < -0.39 is 35.6 Å². The minimum atomic E-state index is -1.98. The fourth-order valence-corrected chi connectivity index (χ4v) is 7.75. The zero-order valence-electron chi connectivity index (χ0n) is 29.5. The van der Waals surface area contributed by atoms with Crippen LogP contribution in [0.3, 0.4) is 0 Å². The molecule has 4 aromatic rings. The number of esters is 1. The number of hydrogen-bond donors (Lipinski definition) is 7. The van der Waals surface area contributed by atoms with E-state index in [2.05, 4.69) is 26.3 Å². The van der Waals surface area contributed by atoms with Crippen molar-refractivity contribution in [3.8, 4) is 11.4 Å². The molecule has 16 nitrogen and oxygen atoms in total. The van der Waals surface area contributed by atoms with Gasteiger partial charge >= 0.3 is 18.1 Å². The van der Waals surface area contributed by atoms with Crippen molar-refractivity contribution in [3.63, 3.8) is 0 Å². The van der Waals surface area contributed by atoms with E-state index in [9.17, 15) is 34.2 Å². The van der Waals surface area contributed by atoms with Crippen molar-refractivity contribution in [1.29, 1.82) is 0 Å². The molecule has 8 N–H and O–H groups in total. The van der Waals surface area contributed by atoms with Crippen LogP contribution in [0, 0.1) is 12.7 Å². The van der Waals surface area contributed by atoms with Crippen LogP contribution in [0.15, 0.2) is 35.3 Å². The lowest BCUT2D eigenvalue weighted by Gasteiger charge is -2.31. The number of anilines is 1. The van der Waals surface area contributed by atoms with Gasteiger partial charge in [-0.1, -0.05) is 6.92 Å². The summed E-state index contributed by atoms with van der Waals surface area (Å²) >= 11 is 0. The van der Waals surface area contributed by atoms with Crippen LogP contribution in [0.4, 0.5) is 19.7 Å². The molecule has 3 atom stereocenters. The van der Waals surface area contributed by atoms with Gasteiger partial charge < -0.3 is 46.5 Å². The van der Waals surface area contributed by atoms with Gasteiger partial charge in [-0.15, -0.1) is 0 Å². The number of rotatable bonds is 11. The van der Waals surface area contributed by atoms with Gasteiger partial charge in [-0.05, 0) is 73.9 Å². The average molecular weight is 743 g/mol. The zero-order chi connectivity index (χ0) is 38.5. The van der Waals surface area contributed by atoms with Crippen molar-refractivity contribution in [2.75, 3.05) is 11.9 Å². The van der Waals surface area contributed by atoms with Crippen LogP contribution >= 0.6 is 0 Å². The molecule has 1 aliphatic carbocycles. The molecule has 7 rings (SSSR count). The fraction of sp³-hybridized carbons (Fsp3) is 0.378. The van der Waals surface area contributed by atoms with Gasteiger partial charge in [-0.3, -0.25) is 14.6 Å². The molecule has 0 bridgehead atoms. The van der Waals surface area contributed by atoms with Crippen LogP contribution in [0.1, 0.15) is 77.7 Å². The lowest BCUT2D eigenvalue weighted by Crippen LogP contribution is -2.44. The predicted octanol–water partition coefficient (Wildman–Crippen LogP) is 2.72. The van der Waals surface area contributed by atoms with Gasteiger partial charge in [-0.25, -0.2) is 23.8 Å². The summed E-state index contributed by atoms with van der Waals surface area (Å²) in [6.07, 6.45) is 1.72. The van der Waals surface area contributed by atoms with Crippen molar-refractivity contribution in [2.24, 2.45) is 5.73 Å². The van der Waals surface area contributed by atoms with Gasteiger partial charge in [0.15, 0.2) is 5.60 Å². The van der Waals surface area contributed by atoms with Gasteiger partial charge in [0.25, 0.3) is 5.56 Å². The second kappa shape index (κ2) is 14.1. The van der Waals surface area contributed by atoms with Crippen LogP contribution < -0.4 is 32.6 Å². The van der Waals surface area contributed by atoms with E-state index in [-0.39, 0.29) is 61.1 Å². The third kappa shape index (κ3) is 6.38. The number of fused-ring (bicyclic) bond motifs is 5. The normalized spacial score (nSPS) is 18.6. The minimum absolute atomic E-state index is 0.00621. The molecule has 17 heteroatoms. The van der Waals surface area contributed by atoms with E-state index in [4.69, 9.17) is 15.5 Å². The Morgan fingerprint density at radius 1 is 1.19 bits per heavy atom. The second-order valence-electron chi connectivity index (χ2n) is 13.7. The number of carbonyl (C=O) groups is 4.